The third-order valence-electron chi connectivity index (χ3n) is 4.75. The number of para-hydroxylation sites is 2. The van der Waals surface area contributed by atoms with Crippen LogP contribution in [0, 0.1) is 0 Å². The van der Waals surface area contributed by atoms with Gasteiger partial charge in [0.05, 0.1) is 24.7 Å². The molecule has 0 fully saturated rings. The third-order valence-corrected chi connectivity index (χ3v) is 4.75. The van der Waals surface area contributed by atoms with Crippen LogP contribution in [0.15, 0.2) is 67.8 Å². The van der Waals surface area contributed by atoms with E-state index in [9.17, 15) is 4.79 Å². The van der Waals surface area contributed by atoms with Crippen LogP contribution in [0.2, 0.25) is 0 Å². The second kappa shape index (κ2) is 10.3. The number of hydrogen-bond acceptors (Lipinski definition) is 4. The number of aromatic nitrogens is 2. The Hall–Kier alpha value is -3.54. The number of rotatable bonds is 11. The van der Waals surface area contributed by atoms with E-state index < -0.39 is 0 Å². The van der Waals surface area contributed by atoms with Crippen molar-refractivity contribution in [3.63, 3.8) is 0 Å². The van der Waals surface area contributed by atoms with Crippen LogP contribution in [-0.4, -0.2) is 35.7 Å². The van der Waals surface area contributed by atoms with E-state index in [0.29, 0.717) is 37.6 Å². The number of imidazole rings is 1. The van der Waals surface area contributed by atoms with Crippen molar-refractivity contribution >= 4 is 16.9 Å². The molecule has 1 amide bonds. The standard InChI is InChI=1S/C24H27N3O3/c1-4-8-18-11-12-21(22(17-18)29-3)30-16-15-27-20-10-7-6-9-19(20)26-23(27)13-14-25-24(28)5-2/h4-7,9-12,17H,1-2,8,13-16H2,3H3,(H,25,28). The first-order chi connectivity index (χ1) is 14.7. The molecule has 0 saturated carbocycles. The molecule has 6 heteroatoms. The van der Waals surface area contributed by atoms with Gasteiger partial charge in [-0.2, -0.15) is 0 Å². The van der Waals surface area contributed by atoms with Gasteiger partial charge in [0.25, 0.3) is 0 Å². The molecule has 0 aliphatic carbocycles. The SMILES string of the molecule is C=CCc1ccc(OCCn2c(CCNC(=O)C=C)nc3ccccc32)c(OC)c1. The van der Waals surface area contributed by atoms with Crippen molar-refractivity contribution in [3.8, 4) is 11.5 Å². The van der Waals surface area contributed by atoms with Crippen molar-refractivity contribution in [1.82, 2.24) is 14.9 Å². The number of allylic oxidation sites excluding steroid dienone is 1. The summed E-state index contributed by atoms with van der Waals surface area (Å²) >= 11 is 0. The quantitative estimate of drug-likeness (QED) is 0.390. The molecule has 0 bridgehead atoms. The summed E-state index contributed by atoms with van der Waals surface area (Å²) in [6, 6.07) is 13.9. The van der Waals surface area contributed by atoms with Gasteiger partial charge in [0, 0.05) is 13.0 Å². The van der Waals surface area contributed by atoms with Crippen LogP contribution < -0.4 is 14.8 Å². The smallest absolute Gasteiger partial charge is 0.243 e. The summed E-state index contributed by atoms with van der Waals surface area (Å²) in [5.74, 6) is 2.12. The second-order valence-corrected chi connectivity index (χ2v) is 6.74. The lowest BCUT2D eigenvalue weighted by Crippen LogP contribution is -2.24. The molecule has 2 aromatic carbocycles. The van der Waals surface area contributed by atoms with Crippen molar-refractivity contribution < 1.29 is 14.3 Å². The average molecular weight is 405 g/mol. The molecule has 156 valence electrons. The molecule has 0 unspecified atom stereocenters. The zero-order valence-corrected chi connectivity index (χ0v) is 17.3. The number of amides is 1. The summed E-state index contributed by atoms with van der Waals surface area (Å²) in [6.07, 6.45) is 4.53. The number of carbonyl (C=O) groups excluding carboxylic acids is 1. The van der Waals surface area contributed by atoms with E-state index in [0.717, 1.165) is 28.8 Å². The Morgan fingerprint density at radius 2 is 2.03 bits per heavy atom. The Labute approximate surface area is 176 Å². The molecule has 1 N–H and O–H groups in total. The van der Waals surface area contributed by atoms with Crippen LogP contribution >= 0.6 is 0 Å². The minimum Gasteiger partial charge on any atom is -0.493 e. The predicted octanol–water partition coefficient (Wildman–Crippen LogP) is 3.70. The number of methoxy groups -OCH3 is 1. The maximum Gasteiger partial charge on any atom is 0.243 e. The summed E-state index contributed by atoms with van der Waals surface area (Å²) in [5, 5.41) is 2.80. The summed E-state index contributed by atoms with van der Waals surface area (Å²) in [7, 11) is 1.64. The maximum absolute atomic E-state index is 11.4. The highest BCUT2D eigenvalue weighted by Crippen LogP contribution is 2.28. The Morgan fingerprint density at radius 1 is 1.20 bits per heavy atom. The zero-order valence-electron chi connectivity index (χ0n) is 17.3. The highest BCUT2D eigenvalue weighted by molar-refractivity contribution is 5.86. The van der Waals surface area contributed by atoms with Gasteiger partial charge in [-0.1, -0.05) is 30.9 Å². The first-order valence-corrected chi connectivity index (χ1v) is 9.91. The number of benzene rings is 2. The Balaban J connectivity index is 1.72. The summed E-state index contributed by atoms with van der Waals surface area (Å²) in [6.45, 7) is 8.83. The molecule has 0 spiro atoms. The molecule has 30 heavy (non-hydrogen) atoms. The van der Waals surface area contributed by atoms with Gasteiger partial charge in [-0.05, 0) is 42.3 Å². The average Bonchev–Trinajstić information content (AvgIpc) is 3.12. The fourth-order valence-electron chi connectivity index (χ4n) is 3.31. The first kappa shape index (κ1) is 21.2. The van der Waals surface area contributed by atoms with Crippen LogP contribution in [0.25, 0.3) is 11.0 Å². The van der Waals surface area contributed by atoms with Gasteiger partial charge in [-0.15, -0.1) is 6.58 Å². The van der Waals surface area contributed by atoms with Crippen molar-refractivity contribution in [2.24, 2.45) is 0 Å². The van der Waals surface area contributed by atoms with Crippen LogP contribution in [0.5, 0.6) is 11.5 Å². The van der Waals surface area contributed by atoms with E-state index in [4.69, 9.17) is 14.5 Å². The van der Waals surface area contributed by atoms with Crippen LogP contribution in [0.4, 0.5) is 0 Å². The lowest BCUT2D eigenvalue weighted by atomic mass is 10.1. The van der Waals surface area contributed by atoms with E-state index in [2.05, 4.69) is 23.0 Å². The number of carbonyl (C=O) groups is 1. The van der Waals surface area contributed by atoms with E-state index >= 15 is 0 Å². The van der Waals surface area contributed by atoms with Crippen LogP contribution in [0.3, 0.4) is 0 Å². The van der Waals surface area contributed by atoms with Gasteiger partial charge in [-0.3, -0.25) is 4.79 Å². The Kier molecular flexibility index (Phi) is 7.27. The first-order valence-electron chi connectivity index (χ1n) is 9.91. The van der Waals surface area contributed by atoms with Gasteiger partial charge in [-0.25, -0.2) is 4.98 Å². The van der Waals surface area contributed by atoms with Crippen molar-refractivity contribution in [1.29, 1.82) is 0 Å². The molecular weight excluding hydrogens is 378 g/mol. The topological polar surface area (TPSA) is 65.4 Å². The van der Waals surface area contributed by atoms with Gasteiger partial charge in [0.2, 0.25) is 5.91 Å². The lowest BCUT2D eigenvalue weighted by molar-refractivity contribution is -0.116. The normalized spacial score (nSPS) is 10.6. The lowest BCUT2D eigenvalue weighted by Gasteiger charge is -2.14. The molecule has 0 saturated heterocycles. The van der Waals surface area contributed by atoms with Gasteiger partial charge >= 0.3 is 0 Å². The van der Waals surface area contributed by atoms with Gasteiger partial charge < -0.3 is 19.4 Å². The highest BCUT2D eigenvalue weighted by atomic mass is 16.5. The number of fused-ring (bicyclic) bond motifs is 1. The molecule has 0 aliphatic heterocycles. The largest absolute Gasteiger partial charge is 0.493 e. The Morgan fingerprint density at radius 3 is 2.80 bits per heavy atom. The summed E-state index contributed by atoms with van der Waals surface area (Å²) in [4.78, 5) is 16.1. The second-order valence-electron chi connectivity index (χ2n) is 6.74. The number of nitrogens with zero attached hydrogens (tertiary/aromatic N) is 2. The fraction of sp³-hybridized carbons (Fsp3) is 0.250. The van der Waals surface area contributed by atoms with Crippen molar-refractivity contribution in [2.75, 3.05) is 20.3 Å². The molecule has 3 aromatic rings. The molecule has 6 nitrogen and oxygen atoms in total. The predicted molar refractivity (Wildman–Crippen MR) is 119 cm³/mol. The molecule has 0 radical (unpaired) electrons. The molecule has 1 aromatic heterocycles. The third kappa shape index (κ3) is 5.08. The van der Waals surface area contributed by atoms with Crippen molar-refractivity contribution in [2.45, 2.75) is 19.4 Å². The van der Waals surface area contributed by atoms with E-state index in [-0.39, 0.29) is 5.91 Å². The minimum atomic E-state index is -0.187. The highest BCUT2D eigenvalue weighted by Gasteiger charge is 2.12. The van der Waals surface area contributed by atoms with Gasteiger partial charge in [0.15, 0.2) is 11.5 Å². The Bertz CT molecular complexity index is 1040. The minimum absolute atomic E-state index is 0.187. The van der Waals surface area contributed by atoms with E-state index in [1.807, 2.05) is 48.5 Å². The van der Waals surface area contributed by atoms with Crippen molar-refractivity contribution in [3.05, 3.63) is 79.2 Å². The maximum atomic E-state index is 11.4. The van der Waals surface area contributed by atoms with E-state index in [1.165, 1.54) is 6.08 Å². The fourth-order valence-corrected chi connectivity index (χ4v) is 3.31. The zero-order chi connectivity index (χ0) is 21.3. The molecule has 3 rings (SSSR count). The van der Waals surface area contributed by atoms with Crippen LogP contribution in [0.1, 0.15) is 11.4 Å². The number of nitrogens with one attached hydrogen (secondary N) is 1. The molecule has 0 atom stereocenters. The van der Waals surface area contributed by atoms with Crippen LogP contribution in [-0.2, 0) is 24.2 Å². The number of hydrogen-bond donors (Lipinski definition) is 1. The summed E-state index contributed by atoms with van der Waals surface area (Å²) in [5.41, 5.74) is 3.09. The molecule has 1 heterocycles. The van der Waals surface area contributed by atoms with Gasteiger partial charge in [0.1, 0.15) is 12.4 Å². The molecule has 0 aliphatic rings. The molecular formula is C24H27N3O3. The van der Waals surface area contributed by atoms with E-state index in [1.54, 1.807) is 7.11 Å². The summed E-state index contributed by atoms with van der Waals surface area (Å²) < 4.78 is 13.6. The monoisotopic (exact) mass is 405 g/mol. The number of ether oxygens (including phenoxy) is 2.